The summed E-state index contributed by atoms with van der Waals surface area (Å²) in [7, 11) is 0. The fraction of sp³-hybridized carbons (Fsp3) is 0.0714. The van der Waals surface area contributed by atoms with Crippen molar-refractivity contribution < 1.29 is 9.13 Å². The third-order valence-corrected chi connectivity index (χ3v) is 2.50. The Kier molecular flexibility index (Phi) is 3.16. The Labute approximate surface area is 104 Å². The Morgan fingerprint density at radius 2 is 2.06 bits per heavy atom. The molecule has 2 aromatic rings. The first-order valence-electron chi connectivity index (χ1n) is 5.34. The van der Waals surface area contributed by atoms with Crippen LogP contribution in [-0.2, 0) is 0 Å². The minimum absolute atomic E-state index is 0.0509. The first-order valence-corrected chi connectivity index (χ1v) is 5.34. The maximum absolute atomic E-state index is 13.6. The van der Waals surface area contributed by atoms with Gasteiger partial charge in [0.25, 0.3) is 0 Å². The number of para-hydroxylation sites is 1. The molecule has 4 heteroatoms. The van der Waals surface area contributed by atoms with Crippen molar-refractivity contribution in [2.24, 2.45) is 0 Å². The lowest BCUT2D eigenvalue weighted by Gasteiger charge is -2.11. The molecule has 0 saturated carbocycles. The SMILES string of the molecule is Cc1cccc(C#N)c1Oc1ccc(N)cc1F. The fourth-order valence-electron chi connectivity index (χ4n) is 1.59. The van der Waals surface area contributed by atoms with E-state index in [2.05, 4.69) is 0 Å². The summed E-state index contributed by atoms with van der Waals surface area (Å²) in [5.41, 5.74) is 6.92. The van der Waals surface area contributed by atoms with E-state index in [4.69, 9.17) is 15.7 Å². The number of ether oxygens (including phenoxy) is 1. The third-order valence-electron chi connectivity index (χ3n) is 2.50. The van der Waals surface area contributed by atoms with Crippen LogP contribution in [0.4, 0.5) is 10.1 Å². The molecule has 0 unspecified atom stereocenters. The summed E-state index contributed by atoms with van der Waals surface area (Å²) in [4.78, 5) is 0. The Balaban J connectivity index is 2.43. The highest BCUT2D eigenvalue weighted by Gasteiger charge is 2.11. The Morgan fingerprint density at radius 1 is 1.28 bits per heavy atom. The average molecular weight is 242 g/mol. The average Bonchev–Trinajstić information content (AvgIpc) is 2.34. The van der Waals surface area contributed by atoms with Gasteiger partial charge >= 0.3 is 0 Å². The first kappa shape index (κ1) is 11.9. The Hall–Kier alpha value is -2.54. The number of halogens is 1. The van der Waals surface area contributed by atoms with E-state index in [0.717, 1.165) is 5.56 Å². The molecule has 0 atom stereocenters. The summed E-state index contributed by atoms with van der Waals surface area (Å²) in [6.45, 7) is 1.80. The second-order valence-electron chi connectivity index (χ2n) is 3.86. The summed E-state index contributed by atoms with van der Waals surface area (Å²) in [5.74, 6) is -0.138. The van der Waals surface area contributed by atoms with Crippen molar-refractivity contribution in [3.05, 3.63) is 53.3 Å². The molecule has 0 heterocycles. The zero-order chi connectivity index (χ0) is 13.1. The van der Waals surface area contributed by atoms with Gasteiger partial charge in [0, 0.05) is 11.8 Å². The zero-order valence-electron chi connectivity index (χ0n) is 9.77. The van der Waals surface area contributed by atoms with Crippen molar-refractivity contribution in [1.29, 1.82) is 5.26 Å². The van der Waals surface area contributed by atoms with Gasteiger partial charge in [-0.2, -0.15) is 5.26 Å². The molecule has 0 aliphatic carbocycles. The predicted octanol–water partition coefficient (Wildman–Crippen LogP) is 3.38. The van der Waals surface area contributed by atoms with E-state index in [0.29, 0.717) is 17.0 Å². The molecule has 2 N–H and O–H groups in total. The number of hydrogen-bond donors (Lipinski definition) is 1. The summed E-state index contributed by atoms with van der Waals surface area (Å²) in [6.07, 6.45) is 0. The van der Waals surface area contributed by atoms with Crippen LogP contribution in [0.2, 0.25) is 0 Å². The van der Waals surface area contributed by atoms with E-state index in [-0.39, 0.29) is 5.75 Å². The monoisotopic (exact) mass is 242 g/mol. The highest BCUT2D eigenvalue weighted by atomic mass is 19.1. The lowest BCUT2D eigenvalue weighted by molar-refractivity contribution is 0.438. The van der Waals surface area contributed by atoms with E-state index in [1.807, 2.05) is 6.07 Å². The summed E-state index contributed by atoms with van der Waals surface area (Å²) >= 11 is 0. The van der Waals surface area contributed by atoms with Gasteiger partial charge in [0.15, 0.2) is 11.6 Å². The number of benzene rings is 2. The van der Waals surface area contributed by atoms with E-state index >= 15 is 0 Å². The van der Waals surface area contributed by atoms with Gasteiger partial charge in [-0.3, -0.25) is 0 Å². The number of nitrogens with zero attached hydrogens (tertiary/aromatic N) is 1. The first-order chi connectivity index (χ1) is 8.61. The molecule has 0 radical (unpaired) electrons. The van der Waals surface area contributed by atoms with E-state index in [1.165, 1.54) is 12.1 Å². The van der Waals surface area contributed by atoms with Crippen molar-refractivity contribution >= 4 is 5.69 Å². The van der Waals surface area contributed by atoms with Crippen LogP contribution in [-0.4, -0.2) is 0 Å². The van der Waals surface area contributed by atoms with Crippen molar-refractivity contribution in [3.63, 3.8) is 0 Å². The van der Waals surface area contributed by atoms with Gasteiger partial charge in [-0.1, -0.05) is 12.1 Å². The molecule has 2 aromatic carbocycles. The highest BCUT2D eigenvalue weighted by Crippen LogP contribution is 2.30. The third kappa shape index (κ3) is 2.25. The van der Waals surface area contributed by atoms with Crippen molar-refractivity contribution in [1.82, 2.24) is 0 Å². The molecule has 0 aliphatic heterocycles. The molecular formula is C14H11FN2O. The summed E-state index contributed by atoms with van der Waals surface area (Å²) in [6, 6.07) is 11.4. The predicted molar refractivity (Wildman–Crippen MR) is 66.8 cm³/mol. The highest BCUT2D eigenvalue weighted by molar-refractivity contribution is 5.51. The smallest absolute Gasteiger partial charge is 0.167 e. The number of anilines is 1. The van der Waals surface area contributed by atoms with Crippen molar-refractivity contribution in [3.8, 4) is 17.6 Å². The number of nitriles is 1. The molecule has 2 rings (SSSR count). The lowest BCUT2D eigenvalue weighted by atomic mass is 10.1. The van der Waals surface area contributed by atoms with Crippen LogP contribution in [0.1, 0.15) is 11.1 Å². The molecule has 0 aliphatic rings. The van der Waals surface area contributed by atoms with Crippen LogP contribution < -0.4 is 10.5 Å². The number of nitrogens with two attached hydrogens (primary N) is 1. The van der Waals surface area contributed by atoms with Gasteiger partial charge in [0.2, 0.25) is 0 Å². The molecule has 0 amide bonds. The van der Waals surface area contributed by atoms with Gasteiger partial charge in [-0.25, -0.2) is 4.39 Å². The van der Waals surface area contributed by atoms with Gasteiger partial charge in [-0.05, 0) is 30.7 Å². The molecule has 0 saturated heterocycles. The van der Waals surface area contributed by atoms with E-state index in [1.54, 1.807) is 31.2 Å². The maximum atomic E-state index is 13.6. The van der Waals surface area contributed by atoms with Crippen LogP contribution >= 0.6 is 0 Å². The van der Waals surface area contributed by atoms with Gasteiger partial charge in [0.1, 0.15) is 11.8 Å². The normalized spacial score (nSPS) is 9.83. The molecule has 0 spiro atoms. The summed E-state index contributed by atoms with van der Waals surface area (Å²) in [5, 5.41) is 8.99. The topological polar surface area (TPSA) is 59.0 Å². The standard InChI is InChI=1S/C14H11FN2O/c1-9-3-2-4-10(8-16)14(9)18-13-6-5-11(17)7-12(13)15/h2-7H,17H2,1H3. The number of nitrogen functional groups attached to an aromatic ring is 1. The molecule has 0 bridgehead atoms. The second kappa shape index (κ2) is 4.76. The van der Waals surface area contributed by atoms with Crippen molar-refractivity contribution in [2.45, 2.75) is 6.92 Å². The van der Waals surface area contributed by atoms with Crippen LogP contribution in [0, 0.1) is 24.1 Å². The fourth-order valence-corrected chi connectivity index (χ4v) is 1.59. The minimum Gasteiger partial charge on any atom is -0.453 e. The second-order valence-corrected chi connectivity index (χ2v) is 3.86. The van der Waals surface area contributed by atoms with E-state index < -0.39 is 5.82 Å². The number of hydrogen-bond acceptors (Lipinski definition) is 3. The van der Waals surface area contributed by atoms with Crippen LogP contribution in [0.3, 0.4) is 0 Å². The summed E-state index contributed by atoms with van der Waals surface area (Å²) < 4.78 is 19.1. The number of rotatable bonds is 2. The molecule has 0 aromatic heterocycles. The zero-order valence-corrected chi connectivity index (χ0v) is 9.77. The molecule has 0 fully saturated rings. The molecule has 18 heavy (non-hydrogen) atoms. The lowest BCUT2D eigenvalue weighted by Crippen LogP contribution is -1.95. The quantitative estimate of drug-likeness (QED) is 0.821. The maximum Gasteiger partial charge on any atom is 0.167 e. The van der Waals surface area contributed by atoms with E-state index in [9.17, 15) is 4.39 Å². The Bertz CT molecular complexity index is 632. The van der Waals surface area contributed by atoms with Crippen LogP contribution in [0.15, 0.2) is 36.4 Å². The van der Waals surface area contributed by atoms with Crippen molar-refractivity contribution in [2.75, 3.05) is 5.73 Å². The Morgan fingerprint density at radius 3 is 2.72 bits per heavy atom. The van der Waals surface area contributed by atoms with Gasteiger partial charge < -0.3 is 10.5 Å². The molecule has 90 valence electrons. The molecule has 3 nitrogen and oxygen atoms in total. The minimum atomic E-state index is -0.554. The van der Waals surface area contributed by atoms with Crippen LogP contribution in [0.5, 0.6) is 11.5 Å². The van der Waals surface area contributed by atoms with Crippen LogP contribution in [0.25, 0.3) is 0 Å². The molecular weight excluding hydrogens is 231 g/mol. The number of aryl methyl sites for hydroxylation is 1. The van der Waals surface area contributed by atoms with Gasteiger partial charge in [0.05, 0.1) is 5.56 Å². The largest absolute Gasteiger partial charge is 0.453 e. The van der Waals surface area contributed by atoms with Gasteiger partial charge in [-0.15, -0.1) is 0 Å².